The highest BCUT2D eigenvalue weighted by molar-refractivity contribution is 7.16. The van der Waals surface area contributed by atoms with Gasteiger partial charge in [0.15, 0.2) is 6.67 Å². The first kappa shape index (κ1) is 20.4. The number of benzene rings is 1. The van der Waals surface area contributed by atoms with Gasteiger partial charge in [-0.05, 0) is 42.8 Å². The molecule has 1 saturated heterocycles. The van der Waals surface area contributed by atoms with Gasteiger partial charge in [-0.3, -0.25) is 4.79 Å². The number of amides is 3. The minimum absolute atomic E-state index is 0.242. The number of hydrogen-bond donors (Lipinski definition) is 2. The van der Waals surface area contributed by atoms with Crippen LogP contribution in [0.1, 0.15) is 17.4 Å². The van der Waals surface area contributed by atoms with Crippen LogP contribution in [-0.4, -0.2) is 37.2 Å². The zero-order valence-corrected chi connectivity index (χ0v) is 17.4. The Morgan fingerprint density at radius 1 is 1.36 bits per heavy atom. The van der Waals surface area contributed by atoms with Crippen molar-refractivity contribution in [3.05, 3.63) is 63.8 Å². The summed E-state index contributed by atoms with van der Waals surface area (Å²) in [4.78, 5) is 29.2. The lowest BCUT2D eigenvalue weighted by Gasteiger charge is -2.24. The second kappa shape index (κ2) is 8.34. The maximum atomic E-state index is 13.2. The molecular weight excluding hydrogens is 398 g/mol. The van der Waals surface area contributed by atoms with E-state index in [2.05, 4.69) is 11.9 Å². The average molecular weight is 421 g/mol. The van der Waals surface area contributed by atoms with E-state index >= 15 is 0 Å². The standard InChI is InChI=1S/C20H22ClN3O3S/c1-4-10-23(12-16-8-9-17(21)28-16)13-24-18(25)20(2,22-19(24)26)14-6-5-7-15(11-14)27-3/h4-9,11H,1,10,12-13H2,2-3H3,(H,22,26)/p+1/t20-/m1/s1. The van der Waals surface area contributed by atoms with Crippen molar-refractivity contribution >= 4 is 34.9 Å². The van der Waals surface area contributed by atoms with E-state index in [1.165, 1.54) is 16.2 Å². The lowest BCUT2D eigenvalue weighted by atomic mass is 9.92. The quantitative estimate of drug-likeness (QED) is 0.509. The van der Waals surface area contributed by atoms with Crippen molar-refractivity contribution in [1.29, 1.82) is 0 Å². The van der Waals surface area contributed by atoms with E-state index in [9.17, 15) is 9.59 Å². The molecule has 2 aromatic rings. The Hall–Kier alpha value is -2.35. The molecule has 1 aliphatic rings. The van der Waals surface area contributed by atoms with E-state index in [0.717, 1.165) is 9.78 Å². The fourth-order valence-electron chi connectivity index (χ4n) is 3.28. The van der Waals surface area contributed by atoms with Gasteiger partial charge < -0.3 is 15.0 Å². The van der Waals surface area contributed by atoms with Crippen molar-refractivity contribution in [1.82, 2.24) is 10.2 Å². The number of carbonyl (C=O) groups excluding carboxylic acids is 2. The summed E-state index contributed by atoms with van der Waals surface area (Å²) >= 11 is 7.51. The van der Waals surface area contributed by atoms with Crippen LogP contribution in [0, 0.1) is 0 Å². The Balaban J connectivity index is 1.80. The molecule has 2 N–H and O–H groups in total. The number of carbonyl (C=O) groups is 2. The number of rotatable bonds is 8. The summed E-state index contributed by atoms with van der Waals surface area (Å²) in [6, 6.07) is 10.6. The van der Waals surface area contributed by atoms with Gasteiger partial charge >= 0.3 is 6.03 Å². The van der Waals surface area contributed by atoms with Crippen molar-refractivity contribution in [3.8, 4) is 5.75 Å². The molecule has 148 valence electrons. The van der Waals surface area contributed by atoms with Gasteiger partial charge in [-0.15, -0.1) is 11.3 Å². The van der Waals surface area contributed by atoms with Crippen molar-refractivity contribution < 1.29 is 19.2 Å². The number of methoxy groups -OCH3 is 1. The summed E-state index contributed by atoms with van der Waals surface area (Å²) in [5.41, 5.74) is -0.444. The van der Waals surface area contributed by atoms with Crippen molar-refractivity contribution in [2.75, 3.05) is 20.3 Å². The molecule has 0 saturated carbocycles. The number of thiophene rings is 1. The molecule has 1 unspecified atom stereocenters. The van der Waals surface area contributed by atoms with Crippen LogP contribution in [0.4, 0.5) is 4.79 Å². The van der Waals surface area contributed by atoms with Gasteiger partial charge in [-0.25, -0.2) is 9.69 Å². The molecule has 1 fully saturated rings. The smallest absolute Gasteiger partial charge is 0.329 e. The number of urea groups is 1. The van der Waals surface area contributed by atoms with Crippen molar-refractivity contribution in [3.63, 3.8) is 0 Å². The molecule has 0 spiro atoms. The lowest BCUT2D eigenvalue weighted by molar-refractivity contribution is -0.915. The monoisotopic (exact) mass is 420 g/mol. The van der Waals surface area contributed by atoms with Gasteiger partial charge in [0.05, 0.1) is 22.9 Å². The van der Waals surface area contributed by atoms with Crippen molar-refractivity contribution in [2.45, 2.75) is 19.0 Å². The van der Waals surface area contributed by atoms with E-state index in [-0.39, 0.29) is 12.6 Å². The van der Waals surface area contributed by atoms with Crippen LogP contribution in [-0.2, 0) is 16.9 Å². The van der Waals surface area contributed by atoms with Gasteiger partial charge in [0.25, 0.3) is 5.91 Å². The zero-order chi connectivity index (χ0) is 20.3. The molecule has 0 aliphatic carbocycles. The summed E-state index contributed by atoms with van der Waals surface area (Å²) in [5.74, 6) is 0.351. The molecule has 1 aliphatic heterocycles. The first-order valence-corrected chi connectivity index (χ1v) is 10.0. The van der Waals surface area contributed by atoms with Crippen molar-refractivity contribution in [2.24, 2.45) is 0 Å². The lowest BCUT2D eigenvalue weighted by Crippen LogP contribution is -3.12. The Kier molecular flexibility index (Phi) is 6.07. The molecule has 2 heterocycles. The Morgan fingerprint density at radius 3 is 2.79 bits per heavy atom. The Morgan fingerprint density at radius 2 is 2.14 bits per heavy atom. The highest BCUT2D eigenvalue weighted by atomic mass is 35.5. The molecule has 1 aromatic heterocycles. The molecule has 28 heavy (non-hydrogen) atoms. The minimum atomic E-state index is -1.13. The summed E-state index contributed by atoms with van der Waals surface area (Å²) in [6.45, 7) is 7.01. The number of nitrogens with one attached hydrogen (secondary N) is 2. The zero-order valence-electron chi connectivity index (χ0n) is 15.8. The largest absolute Gasteiger partial charge is 0.497 e. The van der Waals surface area contributed by atoms with Gasteiger partial charge in [0.1, 0.15) is 17.8 Å². The fraction of sp³-hybridized carbons (Fsp3) is 0.300. The number of halogens is 1. The van der Waals surface area contributed by atoms with Gasteiger partial charge in [0.2, 0.25) is 0 Å². The number of imide groups is 1. The molecule has 3 rings (SSSR count). The van der Waals surface area contributed by atoms with Gasteiger partial charge in [-0.2, -0.15) is 0 Å². The number of quaternary nitrogens is 1. The van der Waals surface area contributed by atoms with Crippen LogP contribution < -0.4 is 15.0 Å². The molecule has 3 amide bonds. The normalized spacial score (nSPS) is 20.2. The average Bonchev–Trinajstić information content (AvgIpc) is 3.18. The first-order chi connectivity index (χ1) is 13.4. The maximum Gasteiger partial charge on any atom is 0.329 e. The van der Waals surface area contributed by atoms with Crippen LogP contribution in [0.5, 0.6) is 5.75 Å². The van der Waals surface area contributed by atoms with Gasteiger partial charge in [-0.1, -0.05) is 30.3 Å². The minimum Gasteiger partial charge on any atom is -0.497 e. The van der Waals surface area contributed by atoms with E-state index in [4.69, 9.17) is 16.3 Å². The molecule has 0 bridgehead atoms. The summed E-state index contributed by atoms with van der Waals surface area (Å²) in [6.07, 6.45) is 1.78. The van der Waals surface area contributed by atoms with Crippen LogP contribution in [0.25, 0.3) is 0 Å². The third kappa shape index (κ3) is 4.06. The van der Waals surface area contributed by atoms with Gasteiger partial charge in [0, 0.05) is 0 Å². The predicted molar refractivity (Wildman–Crippen MR) is 110 cm³/mol. The third-order valence-electron chi connectivity index (χ3n) is 4.79. The summed E-state index contributed by atoms with van der Waals surface area (Å²) < 4.78 is 5.97. The Bertz CT molecular complexity index is 900. The maximum absolute atomic E-state index is 13.2. The predicted octanol–water partition coefficient (Wildman–Crippen LogP) is 2.41. The number of ether oxygens (including phenoxy) is 1. The second-order valence-corrected chi connectivity index (χ2v) is 8.60. The van der Waals surface area contributed by atoms with Crippen LogP contribution >= 0.6 is 22.9 Å². The van der Waals surface area contributed by atoms with E-state index < -0.39 is 11.6 Å². The molecule has 6 nitrogen and oxygen atoms in total. The SMILES string of the molecule is C=CC[NH+](Cc1ccc(Cl)s1)CN1C(=O)N[C@](C)(c2cccc(OC)c2)C1=O. The third-order valence-corrected chi connectivity index (χ3v) is 6.02. The highest BCUT2D eigenvalue weighted by Crippen LogP contribution is 2.30. The molecular formula is C20H23ClN3O3S+. The molecule has 8 heteroatoms. The highest BCUT2D eigenvalue weighted by Gasteiger charge is 2.50. The summed E-state index contributed by atoms with van der Waals surface area (Å²) in [7, 11) is 1.57. The first-order valence-electron chi connectivity index (χ1n) is 8.84. The van der Waals surface area contributed by atoms with E-state index in [1.807, 2.05) is 18.2 Å². The molecule has 1 aromatic carbocycles. The summed E-state index contributed by atoms with van der Waals surface area (Å²) in [5, 5.41) is 2.84. The second-order valence-electron chi connectivity index (χ2n) is 6.80. The topological polar surface area (TPSA) is 63.1 Å². The molecule has 0 radical (unpaired) electrons. The molecule has 2 atom stereocenters. The number of nitrogens with zero attached hydrogens (tertiary/aromatic N) is 1. The van der Waals surface area contributed by atoms with Crippen LogP contribution in [0.3, 0.4) is 0 Å². The van der Waals surface area contributed by atoms with E-state index in [1.54, 1.807) is 38.3 Å². The Labute approximate surface area is 173 Å². The van der Waals surface area contributed by atoms with Crippen LogP contribution in [0.2, 0.25) is 4.34 Å². The van der Waals surface area contributed by atoms with E-state index in [0.29, 0.717) is 28.7 Å². The van der Waals surface area contributed by atoms with Crippen LogP contribution in [0.15, 0.2) is 49.1 Å². The number of hydrogen-bond acceptors (Lipinski definition) is 4. The fourth-order valence-corrected chi connectivity index (χ4v) is 4.44.